The molecule has 2 rings (SSSR count). The summed E-state index contributed by atoms with van der Waals surface area (Å²) in [7, 11) is 0. The lowest BCUT2D eigenvalue weighted by Crippen LogP contribution is -2.49. The molecule has 2 heterocycles. The molecule has 0 aromatic heterocycles. The number of ether oxygens (including phenoxy) is 1. The Morgan fingerprint density at radius 3 is 2.52 bits per heavy atom. The number of nitrogens with zero attached hydrogens (tertiary/aromatic N) is 1. The van der Waals surface area contributed by atoms with Crippen molar-refractivity contribution >= 4 is 11.8 Å². The minimum atomic E-state index is -0.315. The van der Waals surface area contributed by atoms with Gasteiger partial charge in [-0.3, -0.25) is 9.59 Å². The summed E-state index contributed by atoms with van der Waals surface area (Å²) in [5.74, 6) is 0.205. The van der Waals surface area contributed by atoms with Gasteiger partial charge in [0, 0.05) is 32.1 Å². The lowest BCUT2D eigenvalue weighted by atomic mass is 10.0. The number of hydrogen-bond acceptors (Lipinski definition) is 4. The van der Waals surface area contributed by atoms with Gasteiger partial charge in [-0.05, 0) is 32.1 Å². The van der Waals surface area contributed by atoms with E-state index in [1.165, 1.54) is 0 Å². The highest BCUT2D eigenvalue weighted by atomic mass is 16.5. The molecule has 0 aliphatic carbocycles. The van der Waals surface area contributed by atoms with Crippen molar-refractivity contribution in [1.29, 1.82) is 0 Å². The summed E-state index contributed by atoms with van der Waals surface area (Å²) < 4.78 is 5.66. The van der Waals surface area contributed by atoms with Crippen molar-refractivity contribution < 1.29 is 14.3 Å². The van der Waals surface area contributed by atoms with Gasteiger partial charge in [0.05, 0.1) is 6.10 Å². The third kappa shape index (κ3) is 4.41. The Kier molecular flexibility index (Phi) is 5.99. The summed E-state index contributed by atoms with van der Waals surface area (Å²) in [5.41, 5.74) is 5.57. The SMILES string of the molecule is CCCC(=O)NC1CCN(C(=O)C2CCC(CN)O2)CC1. The van der Waals surface area contributed by atoms with E-state index in [9.17, 15) is 9.59 Å². The van der Waals surface area contributed by atoms with E-state index in [0.29, 0.717) is 26.1 Å². The average Bonchev–Trinajstić information content (AvgIpc) is 2.96. The number of rotatable bonds is 5. The maximum atomic E-state index is 12.4. The van der Waals surface area contributed by atoms with Crippen LogP contribution in [0.3, 0.4) is 0 Å². The number of nitrogens with one attached hydrogen (secondary N) is 1. The summed E-state index contributed by atoms with van der Waals surface area (Å²) in [6.07, 6.45) is 4.46. The van der Waals surface area contributed by atoms with Crippen molar-refractivity contribution in [3.05, 3.63) is 0 Å². The summed E-state index contributed by atoms with van der Waals surface area (Å²) in [6, 6.07) is 0.203. The minimum Gasteiger partial charge on any atom is -0.364 e. The van der Waals surface area contributed by atoms with Crippen molar-refractivity contribution in [3.63, 3.8) is 0 Å². The van der Waals surface area contributed by atoms with E-state index in [4.69, 9.17) is 10.5 Å². The second kappa shape index (κ2) is 7.75. The van der Waals surface area contributed by atoms with E-state index in [0.717, 1.165) is 32.1 Å². The van der Waals surface area contributed by atoms with Crippen molar-refractivity contribution in [1.82, 2.24) is 10.2 Å². The smallest absolute Gasteiger partial charge is 0.251 e. The van der Waals surface area contributed by atoms with Crippen LogP contribution in [0.25, 0.3) is 0 Å². The fourth-order valence-corrected chi connectivity index (χ4v) is 3.04. The zero-order valence-electron chi connectivity index (χ0n) is 12.8. The molecule has 0 saturated carbocycles. The number of piperidine rings is 1. The largest absolute Gasteiger partial charge is 0.364 e. The molecule has 0 bridgehead atoms. The summed E-state index contributed by atoms with van der Waals surface area (Å²) >= 11 is 0. The monoisotopic (exact) mass is 297 g/mol. The van der Waals surface area contributed by atoms with Crippen LogP contribution in [-0.4, -0.2) is 54.6 Å². The molecule has 2 aliphatic heterocycles. The molecule has 120 valence electrons. The van der Waals surface area contributed by atoms with E-state index in [1.54, 1.807) is 0 Å². The molecule has 2 fully saturated rings. The molecule has 6 heteroatoms. The molecule has 6 nitrogen and oxygen atoms in total. The lowest BCUT2D eigenvalue weighted by Gasteiger charge is -2.33. The van der Waals surface area contributed by atoms with E-state index in [1.807, 2.05) is 11.8 Å². The van der Waals surface area contributed by atoms with Crippen LogP contribution in [0.2, 0.25) is 0 Å². The first kappa shape index (κ1) is 16.2. The Balaban J connectivity index is 1.73. The van der Waals surface area contributed by atoms with E-state index in [2.05, 4.69) is 5.32 Å². The van der Waals surface area contributed by atoms with Gasteiger partial charge in [-0.1, -0.05) is 6.92 Å². The number of likely N-dealkylation sites (tertiary alicyclic amines) is 1. The van der Waals surface area contributed by atoms with Crippen LogP contribution in [0.5, 0.6) is 0 Å². The van der Waals surface area contributed by atoms with E-state index < -0.39 is 0 Å². The second-order valence-electron chi connectivity index (χ2n) is 5.98. The standard InChI is InChI=1S/C15H27N3O3/c1-2-3-14(19)17-11-6-8-18(9-7-11)15(20)13-5-4-12(10-16)21-13/h11-13H,2-10,16H2,1H3,(H,17,19). The minimum absolute atomic E-state index is 0.0322. The fraction of sp³-hybridized carbons (Fsp3) is 0.867. The number of carbonyl (C=O) groups excluding carboxylic acids is 2. The van der Waals surface area contributed by atoms with Gasteiger partial charge in [-0.15, -0.1) is 0 Å². The van der Waals surface area contributed by atoms with E-state index in [-0.39, 0.29) is 30.1 Å². The van der Waals surface area contributed by atoms with Gasteiger partial charge >= 0.3 is 0 Å². The third-order valence-electron chi connectivity index (χ3n) is 4.29. The molecule has 0 aromatic rings. The highest BCUT2D eigenvalue weighted by Crippen LogP contribution is 2.22. The fourth-order valence-electron chi connectivity index (χ4n) is 3.04. The number of nitrogens with two attached hydrogens (primary N) is 1. The molecule has 0 radical (unpaired) electrons. The predicted molar refractivity (Wildman–Crippen MR) is 79.6 cm³/mol. The van der Waals surface area contributed by atoms with Gasteiger partial charge in [0.2, 0.25) is 5.91 Å². The first-order valence-corrected chi connectivity index (χ1v) is 8.07. The summed E-state index contributed by atoms with van der Waals surface area (Å²) in [4.78, 5) is 25.8. The number of amides is 2. The zero-order chi connectivity index (χ0) is 15.2. The molecular formula is C15H27N3O3. The molecule has 2 aliphatic rings. The van der Waals surface area contributed by atoms with Gasteiger partial charge in [-0.2, -0.15) is 0 Å². The Bertz CT molecular complexity index is 367. The van der Waals surface area contributed by atoms with Gasteiger partial charge in [0.25, 0.3) is 5.91 Å². The van der Waals surface area contributed by atoms with Gasteiger partial charge < -0.3 is 20.7 Å². The van der Waals surface area contributed by atoms with Crippen LogP contribution in [0.1, 0.15) is 45.4 Å². The van der Waals surface area contributed by atoms with E-state index >= 15 is 0 Å². The van der Waals surface area contributed by atoms with Gasteiger partial charge in [-0.25, -0.2) is 0 Å². The normalized spacial score (nSPS) is 26.9. The van der Waals surface area contributed by atoms with Crippen LogP contribution in [-0.2, 0) is 14.3 Å². The topological polar surface area (TPSA) is 84.7 Å². The first-order chi connectivity index (χ1) is 10.1. The first-order valence-electron chi connectivity index (χ1n) is 8.07. The molecule has 2 saturated heterocycles. The molecule has 2 unspecified atom stereocenters. The quantitative estimate of drug-likeness (QED) is 0.769. The molecule has 0 spiro atoms. The maximum absolute atomic E-state index is 12.4. The zero-order valence-corrected chi connectivity index (χ0v) is 12.8. The van der Waals surface area contributed by atoms with Gasteiger partial charge in [0.1, 0.15) is 6.10 Å². The second-order valence-corrected chi connectivity index (χ2v) is 5.98. The van der Waals surface area contributed by atoms with Crippen molar-refractivity contribution in [2.45, 2.75) is 63.7 Å². The Hall–Kier alpha value is -1.14. The van der Waals surface area contributed by atoms with Crippen molar-refractivity contribution in [2.24, 2.45) is 5.73 Å². The Morgan fingerprint density at radius 1 is 1.24 bits per heavy atom. The number of hydrogen-bond donors (Lipinski definition) is 2. The van der Waals surface area contributed by atoms with Gasteiger partial charge in [0.15, 0.2) is 0 Å². The van der Waals surface area contributed by atoms with Crippen LogP contribution in [0, 0.1) is 0 Å². The molecule has 0 aromatic carbocycles. The Labute approximate surface area is 126 Å². The summed E-state index contributed by atoms with van der Waals surface area (Å²) in [6.45, 7) is 3.87. The maximum Gasteiger partial charge on any atom is 0.251 e. The molecule has 21 heavy (non-hydrogen) atoms. The van der Waals surface area contributed by atoms with Crippen LogP contribution < -0.4 is 11.1 Å². The molecule has 2 atom stereocenters. The lowest BCUT2D eigenvalue weighted by molar-refractivity contribution is -0.143. The van der Waals surface area contributed by atoms with Crippen LogP contribution >= 0.6 is 0 Å². The molecular weight excluding hydrogens is 270 g/mol. The molecule has 2 amide bonds. The highest BCUT2D eigenvalue weighted by Gasteiger charge is 2.34. The predicted octanol–water partition coefficient (Wildman–Crippen LogP) is 0.400. The average molecular weight is 297 g/mol. The van der Waals surface area contributed by atoms with Crippen molar-refractivity contribution in [2.75, 3.05) is 19.6 Å². The molecule has 3 N–H and O–H groups in total. The third-order valence-corrected chi connectivity index (χ3v) is 4.29. The van der Waals surface area contributed by atoms with Crippen LogP contribution in [0.4, 0.5) is 0 Å². The summed E-state index contributed by atoms with van der Waals surface area (Å²) in [5, 5.41) is 3.04. The number of carbonyl (C=O) groups is 2. The van der Waals surface area contributed by atoms with Crippen LogP contribution in [0.15, 0.2) is 0 Å². The van der Waals surface area contributed by atoms with Crippen molar-refractivity contribution in [3.8, 4) is 0 Å². The Morgan fingerprint density at radius 2 is 1.95 bits per heavy atom. The highest BCUT2D eigenvalue weighted by molar-refractivity contribution is 5.81.